The molecule has 1 aromatic heterocycles. The van der Waals surface area contributed by atoms with E-state index in [0.717, 1.165) is 27.9 Å². The van der Waals surface area contributed by atoms with Crippen molar-refractivity contribution in [3.63, 3.8) is 0 Å². The molecule has 0 aliphatic carbocycles. The molecule has 0 saturated heterocycles. The van der Waals surface area contributed by atoms with Crippen LogP contribution in [-0.2, 0) is 0 Å². The van der Waals surface area contributed by atoms with Gasteiger partial charge in [-0.1, -0.05) is 129 Å². The third kappa shape index (κ3) is 4.02. The van der Waals surface area contributed by atoms with Crippen LogP contribution in [0.1, 0.15) is 32.1 Å². The Bertz CT molecular complexity index is 1940. The van der Waals surface area contributed by atoms with Crippen LogP contribution in [0.5, 0.6) is 0 Å². The summed E-state index contributed by atoms with van der Waals surface area (Å²) in [5.74, 6) is 0.946. The second-order valence-electron chi connectivity index (χ2n) is 9.66. The summed E-state index contributed by atoms with van der Waals surface area (Å²) >= 11 is 0. The van der Waals surface area contributed by atoms with Gasteiger partial charge in [-0.15, -0.1) is 0 Å². The van der Waals surface area contributed by atoms with E-state index in [1.54, 1.807) is 0 Å². The lowest BCUT2D eigenvalue weighted by atomic mass is 9.85. The largest absolute Gasteiger partial charge is 0.460 e. The van der Waals surface area contributed by atoms with E-state index < -0.39 is 0 Å². The maximum atomic E-state index is 6.45. The summed E-state index contributed by atoms with van der Waals surface area (Å²) in [5.41, 5.74) is 6.97. The smallest absolute Gasteiger partial charge is 0.142 e. The molecule has 1 heteroatoms. The molecule has 190 valence electrons. The molecule has 0 N–H and O–H groups in total. The van der Waals surface area contributed by atoms with Gasteiger partial charge in [-0.2, -0.15) is 0 Å². The highest BCUT2D eigenvalue weighted by Crippen LogP contribution is 2.46. The fourth-order valence-electron chi connectivity index (χ4n) is 5.90. The minimum absolute atomic E-state index is 0.946. The van der Waals surface area contributed by atoms with Crippen molar-refractivity contribution in [1.82, 2.24) is 0 Å². The zero-order valence-electron chi connectivity index (χ0n) is 23.0. The van der Waals surface area contributed by atoms with Crippen LogP contribution in [0, 0.1) is 6.92 Å². The molecule has 0 bridgehead atoms. The first-order valence-electron chi connectivity index (χ1n) is 13.8. The second-order valence-corrected chi connectivity index (χ2v) is 9.66. The summed E-state index contributed by atoms with van der Waals surface area (Å²) in [6.07, 6.45) is 4.22. The van der Waals surface area contributed by atoms with E-state index in [0.29, 0.717) is 0 Å². The van der Waals surface area contributed by atoms with Crippen molar-refractivity contribution in [3.05, 3.63) is 127 Å². The van der Waals surface area contributed by atoms with Gasteiger partial charge in [0.2, 0.25) is 0 Å². The molecular weight excluding hydrogens is 472 g/mol. The van der Waals surface area contributed by atoms with Gasteiger partial charge >= 0.3 is 0 Å². The molecule has 0 unspecified atom stereocenters. The van der Waals surface area contributed by atoms with Crippen molar-refractivity contribution in [2.24, 2.45) is 0 Å². The third-order valence-electron chi connectivity index (χ3n) is 7.51. The Balaban J connectivity index is 0.00000135. The van der Waals surface area contributed by atoms with Crippen LogP contribution in [0.2, 0.25) is 0 Å². The SMILES string of the molecule is C/C=C\c1c(C)oc2c(-c3c4ccccc4c(-c4ccc5ccccc5c4)c4ccccc34)cccc12.CC. The average molecular weight is 505 g/mol. The summed E-state index contributed by atoms with van der Waals surface area (Å²) < 4.78 is 6.45. The van der Waals surface area contributed by atoms with Gasteiger partial charge in [0.15, 0.2) is 0 Å². The number of furan rings is 1. The lowest BCUT2D eigenvalue weighted by Crippen LogP contribution is -1.91. The predicted molar refractivity (Wildman–Crippen MR) is 170 cm³/mol. The quantitative estimate of drug-likeness (QED) is 0.218. The lowest BCUT2D eigenvalue weighted by Gasteiger charge is -2.18. The van der Waals surface area contributed by atoms with Crippen LogP contribution < -0.4 is 0 Å². The zero-order chi connectivity index (χ0) is 26.9. The fraction of sp³-hybridized carbons (Fsp3) is 0.105. The van der Waals surface area contributed by atoms with Crippen molar-refractivity contribution in [2.75, 3.05) is 0 Å². The molecule has 7 aromatic rings. The predicted octanol–water partition coefficient (Wildman–Crippen LogP) is 11.6. The van der Waals surface area contributed by atoms with E-state index in [4.69, 9.17) is 4.42 Å². The first kappa shape index (κ1) is 24.7. The standard InChI is InChI=1S/C36H26O.C2H6/c1-3-11-27-23(2)37-36-32(27)18-10-19-33(36)35-30-16-8-6-14-28(30)34(29-15-7-9-17-31(29)35)26-21-20-24-12-4-5-13-25(24)22-26;1-2/h3-22H,1-2H3;1-2H3/b11-3-;. The molecule has 0 spiro atoms. The maximum Gasteiger partial charge on any atom is 0.142 e. The topological polar surface area (TPSA) is 13.1 Å². The number of rotatable bonds is 3. The Hall–Kier alpha value is -4.62. The number of para-hydroxylation sites is 1. The molecule has 7 rings (SSSR count). The van der Waals surface area contributed by atoms with Gasteiger partial charge in [0.25, 0.3) is 0 Å². The van der Waals surface area contributed by atoms with Crippen molar-refractivity contribution in [3.8, 4) is 22.3 Å². The van der Waals surface area contributed by atoms with Gasteiger partial charge in [0, 0.05) is 22.1 Å². The number of hydrogen-bond donors (Lipinski definition) is 0. The van der Waals surface area contributed by atoms with E-state index in [2.05, 4.69) is 135 Å². The third-order valence-corrected chi connectivity index (χ3v) is 7.51. The highest BCUT2D eigenvalue weighted by atomic mass is 16.3. The van der Waals surface area contributed by atoms with Crippen molar-refractivity contribution < 1.29 is 4.42 Å². The number of fused-ring (bicyclic) bond motifs is 4. The van der Waals surface area contributed by atoms with Crippen molar-refractivity contribution in [1.29, 1.82) is 0 Å². The number of allylic oxidation sites excluding steroid dienone is 1. The molecule has 0 aliphatic heterocycles. The second kappa shape index (κ2) is 10.3. The van der Waals surface area contributed by atoms with Gasteiger partial charge in [0.1, 0.15) is 11.3 Å². The molecule has 0 radical (unpaired) electrons. The van der Waals surface area contributed by atoms with Gasteiger partial charge in [-0.3, -0.25) is 0 Å². The molecule has 0 fully saturated rings. The summed E-state index contributed by atoms with van der Waals surface area (Å²) in [5, 5.41) is 8.63. The van der Waals surface area contributed by atoms with Gasteiger partial charge in [0.05, 0.1) is 0 Å². The molecule has 0 aliphatic rings. The van der Waals surface area contributed by atoms with Crippen LogP contribution in [0.25, 0.3) is 71.6 Å². The zero-order valence-corrected chi connectivity index (χ0v) is 23.0. The lowest BCUT2D eigenvalue weighted by molar-refractivity contribution is 0.578. The molecule has 1 nitrogen and oxygen atoms in total. The summed E-state index contributed by atoms with van der Waals surface area (Å²) in [7, 11) is 0. The Morgan fingerprint density at radius 3 is 1.77 bits per heavy atom. The summed E-state index contributed by atoms with van der Waals surface area (Å²) in [6, 6.07) is 39.5. The molecule has 0 saturated carbocycles. The molecule has 39 heavy (non-hydrogen) atoms. The van der Waals surface area contributed by atoms with Gasteiger partial charge < -0.3 is 4.42 Å². The van der Waals surface area contributed by atoms with Crippen molar-refractivity contribution >= 4 is 49.4 Å². The first-order chi connectivity index (χ1) is 19.2. The van der Waals surface area contributed by atoms with E-state index in [1.165, 1.54) is 49.0 Å². The van der Waals surface area contributed by atoms with Crippen LogP contribution >= 0.6 is 0 Å². The maximum absolute atomic E-state index is 6.45. The van der Waals surface area contributed by atoms with E-state index >= 15 is 0 Å². The summed E-state index contributed by atoms with van der Waals surface area (Å²) in [6.45, 7) is 8.10. The normalized spacial score (nSPS) is 11.5. The number of benzene rings is 6. The van der Waals surface area contributed by atoms with E-state index in [9.17, 15) is 0 Å². The van der Waals surface area contributed by atoms with Crippen LogP contribution in [0.4, 0.5) is 0 Å². The van der Waals surface area contributed by atoms with Crippen LogP contribution in [0.3, 0.4) is 0 Å². The first-order valence-corrected chi connectivity index (χ1v) is 13.8. The van der Waals surface area contributed by atoms with Crippen LogP contribution in [0.15, 0.2) is 120 Å². The van der Waals surface area contributed by atoms with Crippen molar-refractivity contribution in [2.45, 2.75) is 27.7 Å². The minimum atomic E-state index is 0.946. The molecular formula is C38H32O. The highest BCUT2D eigenvalue weighted by Gasteiger charge is 2.20. The number of hydrogen-bond acceptors (Lipinski definition) is 1. The Kier molecular flexibility index (Phi) is 6.50. The van der Waals surface area contributed by atoms with E-state index in [1.807, 2.05) is 13.8 Å². The Morgan fingerprint density at radius 1 is 0.564 bits per heavy atom. The summed E-state index contributed by atoms with van der Waals surface area (Å²) in [4.78, 5) is 0. The van der Waals surface area contributed by atoms with Crippen LogP contribution in [-0.4, -0.2) is 0 Å². The number of aryl methyl sites for hydroxylation is 1. The van der Waals surface area contributed by atoms with Gasteiger partial charge in [-0.25, -0.2) is 0 Å². The molecule has 1 heterocycles. The minimum Gasteiger partial charge on any atom is -0.460 e. The molecule has 6 aromatic carbocycles. The highest BCUT2D eigenvalue weighted by molar-refractivity contribution is 6.23. The van der Waals surface area contributed by atoms with E-state index in [-0.39, 0.29) is 0 Å². The monoisotopic (exact) mass is 504 g/mol. The van der Waals surface area contributed by atoms with Gasteiger partial charge in [-0.05, 0) is 63.4 Å². The Morgan fingerprint density at radius 2 is 1.13 bits per heavy atom. The molecule has 0 amide bonds. The molecule has 0 atom stereocenters. The Labute approximate surface area is 230 Å². The fourth-order valence-corrected chi connectivity index (χ4v) is 5.90. The average Bonchev–Trinajstić information content (AvgIpc) is 3.32.